The summed E-state index contributed by atoms with van der Waals surface area (Å²) in [4.78, 5) is 28.8. The molecule has 2 fully saturated rings. The maximum absolute atomic E-state index is 13.5. The average Bonchev–Trinajstić information content (AvgIpc) is 3.22. The van der Waals surface area contributed by atoms with Crippen molar-refractivity contribution in [3.8, 4) is 11.1 Å². The van der Waals surface area contributed by atoms with Gasteiger partial charge in [0.25, 0.3) is 0 Å². The van der Waals surface area contributed by atoms with E-state index in [-0.39, 0.29) is 44.2 Å². The van der Waals surface area contributed by atoms with Gasteiger partial charge in [-0.25, -0.2) is 13.6 Å². The van der Waals surface area contributed by atoms with Crippen LogP contribution in [0.25, 0.3) is 11.1 Å². The highest BCUT2D eigenvalue weighted by Gasteiger charge is 2.39. The van der Waals surface area contributed by atoms with Crippen LogP contribution in [0.3, 0.4) is 0 Å². The Morgan fingerprint density at radius 1 is 1.15 bits per heavy atom. The fraction of sp³-hybridized carbons (Fsp3) is 0.542. The first-order valence-electron chi connectivity index (χ1n) is 11.8. The topological polar surface area (TPSA) is 79.7 Å². The van der Waals surface area contributed by atoms with Crippen LogP contribution in [0, 0.1) is 0 Å². The predicted octanol–water partition coefficient (Wildman–Crippen LogP) is 3.97. The van der Waals surface area contributed by atoms with Gasteiger partial charge in [0, 0.05) is 51.2 Å². The summed E-state index contributed by atoms with van der Waals surface area (Å²) in [5.74, 6) is -2.80. The number of carbonyl (C=O) groups is 2. The van der Waals surface area contributed by atoms with Gasteiger partial charge in [0.05, 0.1) is 29.7 Å². The molecule has 0 spiro atoms. The number of rotatable bonds is 3. The standard InChI is InChI=1S/C24H29F2N5O3/c1-15-13-29(23(33)34-20-5-7-24(25,26)8-6-20)22-9-17(3-4-21(22)31(15)16(2)32)18-10-28-30(14-18)19-11-27-12-19/h3-4,9-10,14-15,19-20,27H,5-8,11-13H2,1-2H3/t15-/m0/s1. The van der Waals surface area contributed by atoms with Gasteiger partial charge in [-0.2, -0.15) is 5.10 Å². The fourth-order valence-corrected chi connectivity index (χ4v) is 4.94. The van der Waals surface area contributed by atoms with Crippen LogP contribution in [0.4, 0.5) is 25.0 Å². The second-order valence-corrected chi connectivity index (χ2v) is 9.51. The van der Waals surface area contributed by atoms with Crippen molar-refractivity contribution in [3.05, 3.63) is 30.6 Å². The number of benzene rings is 1. The van der Waals surface area contributed by atoms with Gasteiger partial charge in [-0.15, -0.1) is 0 Å². The number of aromatic nitrogens is 2. The number of fused-ring (bicyclic) bond motifs is 1. The van der Waals surface area contributed by atoms with Gasteiger partial charge in [-0.3, -0.25) is 14.4 Å². The predicted molar refractivity (Wildman–Crippen MR) is 123 cm³/mol. The molecule has 2 amide bonds. The average molecular weight is 474 g/mol. The lowest BCUT2D eigenvalue weighted by molar-refractivity contribution is -0.117. The lowest BCUT2D eigenvalue weighted by Crippen LogP contribution is -2.52. The fourth-order valence-electron chi connectivity index (χ4n) is 4.94. The van der Waals surface area contributed by atoms with E-state index in [1.54, 1.807) is 11.1 Å². The van der Waals surface area contributed by atoms with Gasteiger partial charge in [0.2, 0.25) is 11.8 Å². The second kappa shape index (κ2) is 8.65. The largest absolute Gasteiger partial charge is 0.446 e. The van der Waals surface area contributed by atoms with Crippen LogP contribution < -0.4 is 15.1 Å². The third-order valence-corrected chi connectivity index (χ3v) is 6.97. The van der Waals surface area contributed by atoms with Crippen LogP contribution in [0.15, 0.2) is 30.6 Å². The number of hydrogen-bond donors (Lipinski definition) is 1. The van der Waals surface area contributed by atoms with E-state index in [0.717, 1.165) is 24.2 Å². The van der Waals surface area contributed by atoms with Gasteiger partial charge in [-0.1, -0.05) is 6.07 Å². The lowest BCUT2D eigenvalue weighted by atomic mass is 9.94. The first-order chi connectivity index (χ1) is 16.2. The van der Waals surface area contributed by atoms with E-state index in [1.807, 2.05) is 36.0 Å². The summed E-state index contributed by atoms with van der Waals surface area (Å²) in [7, 11) is 0. The van der Waals surface area contributed by atoms with Crippen molar-refractivity contribution in [2.75, 3.05) is 29.4 Å². The molecule has 34 heavy (non-hydrogen) atoms. The van der Waals surface area contributed by atoms with E-state index in [1.165, 1.54) is 11.8 Å². The van der Waals surface area contributed by atoms with E-state index >= 15 is 0 Å². The molecular weight excluding hydrogens is 444 g/mol. The molecule has 0 unspecified atom stereocenters. The summed E-state index contributed by atoms with van der Waals surface area (Å²) < 4.78 is 34.6. The maximum Gasteiger partial charge on any atom is 0.414 e. The third-order valence-electron chi connectivity index (χ3n) is 6.97. The molecule has 10 heteroatoms. The first kappa shape index (κ1) is 22.8. The molecule has 1 saturated carbocycles. The first-order valence-corrected chi connectivity index (χ1v) is 11.8. The van der Waals surface area contributed by atoms with E-state index in [9.17, 15) is 18.4 Å². The number of anilines is 2. The van der Waals surface area contributed by atoms with Gasteiger partial charge >= 0.3 is 6.09 Å². The molecule has 1 aromatic carbocycles. The number of nitrogens with one attached hydrogen (secondary N) is 1. The number of amides is 2. The summed E-state index contributed by atoms with van der Waals surface area (Å²) in [6.45, 7) is 5.38. The van der Waals surface area contributed by atoms with Crippen LogP contribution in [0.5, 0.6) is 0 Å². The summed E-state index contributed by atoms with van der Waals surface area (Å²) >= 11 is 0. The van der Waals surface area contributed by atoms with Gasteiger partial charge in [-0.05, 0) is 37.5 Å². The Balaban J connectivity index is 1.43. The van der Waals surface area contributed by atoms with E-state index in [2.05, 4.69) is 10.4 Å². The molecule has 1 aliphatic carbocycles. The van der Waals surface area contributed by atoms with E-state index in [0.29, 0.717) is 17.4 Å². The monoisotopic (exact) mass is 473 g/mol. The van der Waals surface area contributed by atoms with Crippen molar-refractivity contribution in [3.63, 3.8) is 0 Å². The summed E-state index contributed by atoms with van der Waals surface area (Å²) in [5.41, 5.74) is 2.96. The van der Waals surface area contributed by atoms with Gasteiger partial charge in [0.15, 0.2) is 0 Å². The molecule has 5 rings (SSSR count). The Bertz CT molecular complexity index is 1090. The Hall–Kier alpha value is -3.01. The summed E-state index contributed by atoms with van der Waals surface area (Å²) in [5, 5.41) is 7.70. The van der Waals surface area contributed by atoms with Crippen LogP contribution in [-0.2, 0) is 9.53 Å². The molecule has 1 atom stereocenters. The Morgan fingerprint density at radius 3 is 2.53 bits per heavy atom. The number of ether oxygens (including phenoxy) is 1. The zero-order chi connectivity index (χ0) is 24.0. The quantitative estimate of drug-likeness (QED) is 0.730. The van der Waals surface area contributed by atoms with Crippen molar-refractivity contribution < 1.29 is 23.1 Å². The number of hydrogen-bond acceptors (Lipinski definition) is 5. The molecule has 2 aromatic rings. The molecule has 8 nitrogen and oxygen atoms in total. The van der Waals surface area contributed by atoms with Crippen LogP contribution in [0.2, 0.25) is 0 Å². The molecule has 0 bridgehead atoms. The van der Waals surface area contributed by atoms with Crippen LogP contribution >= 0.6 is 0 Å². The normalized spacial score (nSPS) is 22.8. The molecular formula is C24H29F2N5O3. The molecule has 1 aromatic heterocycles. The van der Waals surface area contributed by atoms with Crippen molar-refractivity contribution in [2.24, 2.45) is 0 Å². The Labute approximate surface area is 196 Å². The highest BCUT2D eigenvalue weighted by Crippen LogP contribution is 2.40. The van der Waals surface area contributed by atoms with Crippen molar-refractivity contribution in [2.45, 2.75) is 63.6 Å². The van der Waals surface area contributed by atoms with Crippen molar-refractivity contribution in [1.82, 2.24) is 15.1 Å². The highest BCUT2D eigenvalue weighted by atomic mass is 19.3. The van der Waals surface area contributed by atoms with Crippen LogP contribution in [-0.4, -0.2) is 59.5 Å². The zero-order valence-electron chi connectivity index (χ0n) is 19.3. The number of alkyl halides is 2. The van der Waals surface area contributed by atoms with Gasteiger partial charge in [0.1, 0.15) is 6.10 Å². The Morgan fingerprint density at radius 2 is 1.88 bits per heavy atom. The molecule has 1 N–H and O–H groups in total. The number of carbonyl (C=O) groups excluding carboxylic acids is 2. The second-order valence-electron chi connectivity index (χ2n) is 9.51. The van der Waals surface area contributed by atoms with Crippen LogP contribution in [0.1, 0.15) is 45.6 Å². The number of halogens is 2. The van der Waals surface area contributed by atoms with Gasteiger partial charge < -0.3 is 15.0 Å². The zero-order valence-corrected chi connectivity index (χ0v) is 19.3. The van der Waals surface area contributed by atoms with Crippen molar-refractivity contribution >= 4 is 23.4 Å². The third kappa shape index (κ3) is 4.26. The Kier molecular flexibility index (Phi) is 5.79. The minimum atomic E-state index is -2.69. The minimum absolute atomic E-state index is 0.116. The molecule has 3 heterocycles. The highest BCUT2D eigenvalue weighted by molar-refractivity contribution is 6.03. The number of nitrogens with zero attached hydrogens (tertiary/aromatic N) is 4. The van der Waals surface area contributed by atoms with Crippen molar-refractivity contribution in [1.29, 1.82) is 0 Å². The molecule has 182 valence electrons. The summed E-state index contributed by atoms with van der Waals surface area (Å²) in [6.07, 6.45) is 2.40. The summed E-state index contributed by atoms with van der Waals surface area (Å²) in [6, 6.07) is 5.70. The smallest absolute Gasteiger partial charge is 0.414 e. The van der Waals surface area contributed by atoms with E-state index < -0.39 is 18.1 Å². The molecule has 2 aliphatic heterocycles. The molecule has 3 aliphatic rings. The minimum Gasteiger partial charge on any atom is -0.446 e. The molecule has 0 radical (unpaired) electrons. The maximum atomic E-state index is 13.5. The SMILES string of the molecule is CC(=O)N1c2ccc(-c3cnn(C4CNC4)c3)cc2N(C(=O)OC2CCC(F)(F)CC2)C[C@@H]1C. The molecule has 1 saturated heterocycles. The lowest BCUT2D eigenvalue weighted by Gasteiger charge is -2.41. The van der Waals surface area contributed by atoms with E-state index in [4.69, 9.17) is 4.74 Å².